The van der Waals surface area contributed by atoms with Gasteiger partial charge in [-0.25, -0.2) is 14.4 Å². The maximum atomic E-state index is 14.9. The highest BCUT2D eigenvalue weighted by molar-refractivity contribution is 9.10. The minimum absolute atomic E-state index is 0.0967. The van der Waals surface area contributed by atoms with E-state index in [2.05, 4.69) is 31.3 Å². The van der Waals surface area contributed by atoms with Crippen molar-refractivity contribution in [3.8, 4) is 0 Å². The fourth-order valence-corrected chi connectivity index (χ4v) is 3.78. The van der Waals surface area contributed by atoms with Crippen molar-refractivity contribution in [1.82, 2.24) is 15.4 Å². The molecule has 5 nitrogen and oxygen atoms in total. The van der Waals surface area contributed by atoms with Crippen molar-refractivity contribution in [2.24, 2.45) is 0 Å². The van der Waals surface area contributed by atoms with Crippen LogP contribution in [0.15, 0.2) is 59.3 Å². The molecule has 0 aliphatic heterocycles. The number of carbonyl (C=O) groups is 1. The summed E-state index contributed by atoms with van der Waals surface area (Å²) in [6, 6.07) is 4.86. The highest BCUT2D eigenvalue weighted by Crippen LogP contribution is 2.42. The van der Waals surface area contributed by atoms with Gasteiger partial charge in [0, 0.05) is 18.0 Å². The lowest BCUT2D eigenvalue weighted by Gasteiger charge is -2.19. The zero-order valence-corrected chi connectivity index (χ0v) is 21.0. The molecular formula is C22H12BrCl2F7N4O. The summed E-state index contributed by atoms with van der Waals surface area (Å²) in [6.45, 7) is 0. The molecule has 2 aromatic carbocycles. The van der Waals surface area contributed by atoms with E-state index in [1.165, 1.54) is 18.5 Å². The Kier molecular flexibility index (Phi) is 8.70. The van der Waals surface area contributed by atoms with Crippen molar-refractivity contribution < 1.29 is 35.5 Å². The molecule has 2 N–H and O–H groups in total. The Morgan fingerprint density at radius 2 is 1.59 bits per heavy atom. The minimum atomic E-state index is -5.15. The summed E-state index contributed by atoms with van der Waals surface area (Å²) in [4.78, 5) is 19.8. The van der Waals surface area contributed by atoms with Crippen LogP contribution in [-0.4, -0.2) is 22.1 Å². The Morgan fingerprint density at radius 1 is 1.00 bits per heavy atom. The third kappa shape index (κ3) is 7.11. The Morgan fingerprint density at radius 3 is 2.14 bits per heavy atom. The smallest absolute Gasteiger partial charge is 0.267 e. The predicted octanol–water partition coefficient (Wildman–Crippen LogP) is 7.98. The summed E-state index contributed by atoms with van der Waals surface area (Å²) in [5, 5.41) is -0.371. The van der Waals surface area contributed by atoms with Gasteiger partial charge < -0.3 is 0 Å². The van der Waals surface area contributed by atoms with Gasteiger partial charge in [-0.05, 0) is 57.9 Å². The molecule has 3 aromatic rings. The quantitative estimate of drug-likeness (QED) is 0.164. The van der Waals surface area contributed by atoms with Gasteiger partial charge in [0.25, 0.3) is 5.91 Å². The first-order valence-electron chi connectivity index (χ1n) is 9.82. The number of hydrogen-bond donors (Lipinski definition) is 2. The number of hydrazine groups is 1. The number of nitrogens with one attached hydrogen (secondary N) is 2. The maximum absolute atomic E-state index is 14.9. The number of halogens is 10. The van der Waals surface area contributed by atoms with Gasteiger partial charge in [0.15, 0.2) is 0 Å². The second kappa shape index (κ2) is 11.2. The zero-order chi connectivity index (χ0) is 27.5. The summed E-state index contributed by atoms with van der Waals surface area (Å²) in [6.07, 6.45) is -7.49. The monoisotopic (exact) mass is 630 g/mol. The van der Waals surface area contributed by atoms with Crippen molar-refractivity contribution in [3.63, 3.8) is 0 Å². The van der Waals surface area contributed by atoms with Gasteiger partial charge in [0.05, 0.1) is 25.6 Å². The van der Waals surface area contributed by atoms with E-state index in [0.717, 1.165) is 18.2 Å². The third-order valence-electron chi connectivity index (χ3n) is 4.73. The number of alkyl halides is 6. The molecule has 3 rings (SSSR count). The first-order valence-corrected chi connectivity index (χ1v) is 11.4. The van der Waals surface area contributed by atoms with Gasteiger partial charge in [0.1, 0.15) is 11.7 Å². The van der Waals surface area contributed by atoms with Crippen LogP contribution in [0.2, 0.25) is 10.0 Å². The number of anilines is 1. The van der Waals surface area contributed by atoms with E-state index in [1.54, 1.807) is 0 Å². The van der Waals surface area contributed by atoms with E-state index in [9.17, 15) is 35.5 Å². The molecule has 196 valence electrons. The molecular weight excluding hydrogens is 620 g/mol. The molecule has 0 saturated carbocycles. The molecule has 0 aliphatic carbocycles. The average Bonchev–Trinajstić information content (AvgIpc) is 2.83. The maximum Gasteiger partial charge on any atom is 0.417 e. The fourth-order valence-electron chi connectivity index (χ4n) is 3.05. The predicted molar refractivity (Wildman–Crippen MR) is 127 cm³/mol. The average molecular weight is 632 g/mol. The summed E-state index contributed by atoms with van der Waals surface area (Å²) in [7, 11) is 0. The Balaban J connectivity index is 1.99. The van der Waals surface area contributed by atoms with Gasteiger partial charge in [0.2, 0.25) is 5.95 Å². The highest BCUT2D eigenvalue weighted by Gasteiger charge is 2.41. The molecule has 0 spiro atoms. The second-order valence-corrected chi connectivity index (χ2v) is 8.85. The summed E-state index contributed by atoms with van der Waals surface area (Å²) >= 11 is 14.7. The van der Waals surface area contributed by atoms with Gasteiger partial charge in [-0.3, -0.25) is 15.6 Å². The molecule has 0 bridgehead atoms. The normalized spacial score (nSPS) is 13.3. The number of allylic oxidation sites excluding steroid dienone is 1. The first-order chi connectivity index (χ1) is 17.2. The van der Waals surface area contributed by atoms with Crippen LogP contribution in [-0.2, 0) is 6.18 Å². The number of carbonyl (C=O) groups excluding carboxylic acids is 1. The van der Waals surface area contributed by atoms with Crippen molar-refractivity contribution in [2.75, 3.05) is 5.43 Å². The molecule has 1 amide bonds. The second-order valence-electron chi connectivity index (χ2n) is 7.24. The number of rotatable bonds is 6. The van der Waals surface area contributed by atoms with Crippen LogP contribution in [0.25, 0.3) is 5.83 Å². The van der Waals surface area contributed by atoms with Crippen molar-refractivity contribution >= 4 is 56.8 Å². The molecule has 0 fully saturated rings. The van der Waals surface area contributed by atoms with E-state index in [1.807, 2.05) is 5.43 Å². The van der Waals surface area contributed by atoms with Gasteiger partial charge in [-0.1, -0.05) is 29.3 Å². The molecule has 0 radical (unpaired) electrons. The van der Waals surface area contributed by atoms with Crippen LogP contribution in [0.5, 0.6) is 0 Å². The van der Waals surface area contributed by atoms with E-state index in [-0.39, 0.29) is 32.6 Å². The van der Waals surface area contributed by atoms with E-state index in [4.69, 9.17) is 23.2 Å². The molecule has 15 heteroatoms. The number of aromatic nitrogens is 2. The van der Waals surface area contributed by atoms with Crippen molar-refractivity contribution in [3.05, 3.63) is 91.6 Å². The Labute approximate surface area is 222 Å². The van der Waals surface area contributed by atoms with E-state index in [0.29, 0.717) is 6.07 Å². The largest absolute Gasteiger partial charge is 0.417 e. The standard InChI is InChI=1S/C22H12BrCl2F7N4O/c23-18-15(24)7-11(8-16(18)25)13(21(27,28)29)9-17(26)10-2-3-12(14(6-10)22(30,31)32)19(37)35-36-20-33-4-1-5-34-20/h1-9,13H,(H,35,37)(H,33,34,36). The molecule has 37 heavy (non-hydrogen) atoms. The van der Waals surface area contributed by atoms with Crippen LogP contribution >= 0.6 is 39.1 Å². The molecule has 1 unspecified atom stereocenters. The Bertz CT molecular complexity index is 1310. The van der Waals surface area contributed by atoms with Gasteiger partial charge in [-0.15, -0.1) is 0 Å². The van der Waals surface area contributed by atoms with Gasteiger partial charge >= 0.3 is 12.4 Å². The molecule has 0 saturated heterocycles. The lowest BCUT2D eigenvalue weighted by atomic mass is 9.95. The van der Waals surface area contributed by atoms with E-state index >= 15 is 0 Å². The van der Waals surface area contributed by atoms with Crippen molar-refractivity contribution in [2.45, 2.75) is 18.3 Å². The number of benzene rings is 2. The van der Waals surface area contributed by atoms with E-state index < -0.39 is 52.3 Å². The van der Waals surface area contributed by atoms with Crippen molar-refractivity contribution in [1.29, 1.82) is 0 Å². The van der Waals surface area contributed by atoms with Gasteiger partial charge in [-0.2, -0.15) is 26.3 Å². The topological polar surface area (TPSA) is 66.9 Å². The van der Waals surface area contributed by atoms with Crippen LogP contribution in [0.3, 0.4) is 0 Å². The fraction of sp³-hybridized carbons (Fsp3) is 0.136. The van der Waals surface area contributed by atoms with Crippen LogP contribution in [0.4, 0.5) is 36.7 Å². The lowest BCUT2D eigenvalue weighted by molar-refractivity contribution is -0.140. The number of nitrogens with zero attached hydrogens (tertiary/aromatic N) is 2. The zero-order valence-electron chi connectivity index (χ0n) is 17.9. The van der Waals surface area contributed by atoms with Crippen LogP contribution < -0.4 is 10.9 Å². The SMILES string of the molecule is O=C(NNc1ncccn1)c1ccc(C(F)=CC(c2cc(Cl)c(Br)c(Cl)c2)C(F)(F)F)cc1C(F)(F)F. The molecule has 1 aromatic heterocycles. The first kappa shape index (κ1) is 28.7. The molecule has 1 heterocycles. The lowest BCUT2D eigenvalue weighted by Crippen LogP contribution is -2.32. The third-order valence-corrected chi connectivity index (χ3v) is 6.64. The minimum Gasteiger partial charge on any atom is -0.267 e. The summed E-state index contributed by atoms with van der Waals surface area (Å²) < 4.78 is 97.3. The Hall–Kier alpha value is -2.90. The summed E-state index contributed by atoms with van der Waals surface area (Å²) in [5.41, 5.74) is 0.285. The summed E-state index contributed by atoms with van der Waals surface area (Å²) in [5.74, 6) is -5.61. The number of hydrogen-bond acceptors (Lipinski definition) is 4. The van der Waals surface area contributed by atoms with Crippen LogP contribution in [0.1, 0.15) is 33.0 Å². The van der Waals surface area contributed by atoms with Crippen LogP contribution in [0, 0.1) is 0 Å². The molecule has 1 atom stereocenters. The number of amides is 1. The molecule has 0 aliphatic rings. The highest BCUT2D eigenvalue weighted by atomic mass is 79.9.